The Morgan fingerprint density at radius 2 is 2.16 bits per heavy atom. The van der Waals surface area contributed by atoms with Crippen molar-refractivity contribution in [3.63, 3.8) is 0 Å². The first kappa shape index (κ1) is 15.2. The molecule has 1 atom stereocenters. The minimum Gasteiger partial charge on any atom is -0.497 e. The van der Waals surface area contributed by atoms with Gasteiger partial charge in [0.1, 0.15) is 11.4 Å². The maximum atomic E-state index is 11.0. The Morgan fingerprint density at radius 1 is 1.47 bits per heavy atom. The smallest absolute Gasteiger partial charge is 0.292 e. The zero-order valence-corrected chi connectivity index (χ0v) is 11.8. The molecule has 0 fully saturated rings. The van der Waals surface area contributed by atoms with Crippen LogP contribution in [0.5, 0.6) is 5.75 Å². The second-order valence-electron chi connectivity index (χ2n) is 4.78. The van der Waals surface area contributed by atoms with Gasteiger partial charge in [0.05, 0.1) is 12.0 Å². The zero-order valence-electron chi connectivity index (χ0n) is 11.8. The minimum atomic E-state index is -0.388. The van der Waals surface area contributed by atoms with Gasteiger partial charge in [-0.25, -0.2) is 0 Å². The fourth-order valence-electron chi connectivity index (χ4n) is 1.71. The molecule has 0 radical (unpaired) electrons. The summed E-state index contributed by atoms with van der Waals surface area (Å²) in [5, 5.41) is 14.2. The van der Waals surface area contributed by atoms with Gasteiger partial charge in [-0.3, -0.25) is 10.1 Å². The third-order valence-electron chi connectivity index (χ3n) is 2.81. The van der Waals surface area contributed by atoms with Crippen LogP contribution in [-0.2, 0) is 0 Å². The van der Waals surface area contributed by atoms with E-state index >= 15 is 0 Å². The van der Waals surface area contributed by atoms with Gasteiger partial charge >= 0.3 is 0 Å². The van der Waals surface area contributed by atoms with E-state index in [1.165, 1.54) is 6.07 Å². The Morgan fingerprint density at radius 3 is 2.68 bits per heavy atom. The number of methoxy groups -OCH3 is 1. The van der Waals surface area contributed by atoms with Gasteiger partial charge < -0.3 is 15.0 Å². The zero-order chi connectivity index (χ0) is 14.4. The second kappa shape index (κ2) is 6.94. The summed E-state index contributed by atoms with van der Waals surface area (Å²) in [6.07, 6.45) is 0.904. The molecular weight excluding hydrogens is 246 g/mol. The van der Waals surface area contributed by atoms with Crippen LogP contribution in [-0.4, -0.2) is 43.6 Å². The summed E-state index contributed by atoms with van der Waals surface area (Å²) in [6.45, 7) is 2.93. The largest absolute Gasteiger partial charge is 0.497 e. The molecule has 1 rings (SSSR count). The van der Waals surface area contributed by atoms with Crippen LogP contribution in [0.1, 0.15) is 13.3 Å². The molecule has 19 heavy (non-hydrogen) atoms. The van der Waals surface area contributed by atoms with E-state index in [-0.39, 0.29) is 16.7 Å². The van der Waals surface area contributed by atoms with Crippen LogP contribution >= 0.6 is 0 Å². The molecule has 1 aromatic rings. The number of hydrogen-bond donors (Lipinski definition) is 1. The van der Waals surface area contributed by atoms with Crippen molar-refractivity contribution in [2.45, 2.75) is 19.4 Å². The Bertz CT molecular complexity index is 435. The van der Waals surface area contributed by atoms with E-state index in [4.69, 9.17) is 4.74 Å². The molecule has 0 heterocycles. The van der Waals surface area contributed by atoms with Gasteiger partial charge in [-0.05, 0) is 40.1 Å². The third kappa shape index (κ3) is 4.75. The van der Waals surface area contributed by atoms with E-state index in [2.05, 4.69) is 10.2 Å². The number of nitrogens with zero attached hydrogens (tertiary/aromatic N) is 2. The number of hydrogen-bond acceptors (Lipinski definition) is 5. The minimum absolute atomic E-state index is 0.0671. The molecule has 6 heteroatoms. The lowest BCUT2D eigenvalue weighted by molar-refractivity contribution is -0.384. The van der Waals surface area contributed by atoms with Gasteiger partial charge in [-0.2, -0.15) is 0 Å². The first-order chi connectivity index (χ1) is 8.93. The van der Waals surface area contributed by atoms with Gasteiger partial charge in [0.15, 0.2) is 0 Å². The molecule has 1 aromatic carbocycles. The van der Waals surface area contributed by atoms with E-state index in [0.717, 1.165) is 13.0 Å². The van der Waals surface area contributed by atoms with E-state index in [1.807, 2.05) is 21.0 Å². The van der Waals surface area contributed by atoms with Gasteiger partial charge in [-0.1, -0.05) is 0 Å². The number of nitrogens with one attached hydrogen (secondary N) is 1. The van der Waals surface area contributed by atoms with E-state index in [1.54, 1.807) is 19.2 Å². The van der Waals surface area contributed by atoms with E-state index in [9.17, 15) is 10.1 Å². The predicted molar refractivity (Wildman–Crippen MR) is 75.9 cm³/mol. The lowest BCUT2D eigenvalue weighted by Crippen LogP contribution is -2.23. The van der Waals surface area contributed by atoms with Crippen LogP contribution in [0.15, 0.2) is 18.2 Å². The summed E-state index contributed by atoms with van der Waals surface area (Å²) < 4.78 is 5.10. The number of benzene rings is 1. The van der Waals surface area contributed by atoms with Crippen molar-refractivity contribution >= 4 is 11.4 Å². The normalized spacial score (nSPS) is 12.3. The summed E-state index contributed by atoms with van der Waals surface area (Å²) in [5.41, 5.74) is 0.563. The number of nitro benzene ring substituents is 1. The molecule has 0 aliphatic carbocycles. The highest BCUT2D eigenvalue weighted by Gasteiger charge is 2.16. The molecular formula is C13H21N3O3. The van der Waals surface area contributed by atoms with Crippen molar-refractivity contribution in [2.75, 3.05) is 33.1 Å². The van der Waals surface area contributed by atoms with Gasteiger partial charge in [0, 0.05) is 18.2 Å². The SMILES string of the molecule is COc1ccc([N+](=O)[O-])c(NC(C)CCN(C)C)c1. The second-order valence-corrected chi connectivity index (χ2v) is 4.78. The number of ether oxygens (including phenoxy) is 1. The number of nitro groups is 1. The quantitative estimate of drug-likeness (QED) is 0.606. The van der Waals surface area contributed by atoms with Gasteiger partial charge in [0.2, 0.25) is 0 Å². The van der Waals surface area contributed by atoms with Crippen LogP contribution in [0.25, 0.3) is 0 Å². The number of rotatable bonds is 7. The fraction of sp³-hybridized carbons (Fsp3) is 0.538. The topological polar surface area (TPSA) is 67.6 Å². The summed E-state index contributed by atoms with van der Waals surface area (Å²) >= 11 is 0. The van der Waals surface area contributed by atoms with Crippen LogP contribution < -0.4 is 10.1 Å². The highest BCUT2D eigenvalue weighted by Crippen LogP contribution is 2.29. The van der Waals surface area contributed by atoms with Crippen LogP contribution in [0, 0.1) is 10.1 Å². The first-order valence-electron chi connectivity index (χ1n) is 6.17. The molecule has 6 nitrogen and oxygen atoms in total. The maximum absolute atomic E-state index is 11.0. The molecule has 0 aliphatic rings. The predicted octanol–water partition coefficient (Wildman–Crippen LogP) is 2.36. The van der Waals surface area contributed by atoms with Crippen molar-refractivity contribution in [2.24, 2.45) is 0 Å². The average Bonchev–Trinajstić information content (AvgIpc) is 2.35. The molecule has 0 saturated carbocycles. The summed E-state index contributed by atoms with van der Waals surface area (Å²) in [5.74, 6) is 0.605. The van der Waals surface area contributed by atoms with Crippen molar-refractivity contribution in [3.8, 4) is 5.75 Å². The Labute approximate surface area is 113 Å². The van der Waals surface area contributed by atoms with Crippen LogP contribution in [0.2, 0.25) is 0 Å². The average molecular weight is 267 g/mol. The highest BCUT2D eigenvalue weighted by molar-refractivity contribution is 5.64. The maximum Gasteiger partial charge on any atom is 0.292 e. The molecule has 1 N–H and O–H groups in total. The molecule has 106 valence electrons. The molecule has 1 unspecified atom stereocenters. The highest BCUT2D eigenvalue weighted by atomic mass is 16.6. The fourth-order valence-corrected chi connectivity index (χ4v) is 1.71. The van der Waals surface area contributed by atoms with Crippen molar-refractivity contribution in [1.29, 1.82) is 0 Å². The summed E-state index contributed by atoms with van der Waals surface area (Å²) in [6, 6.07) is 4.85. The summed E-state index contributed by atoms with van der Waals surface area (Å²) in [4.78, 5) is 12.7. The Balaban J connectivity index is 2.82. The van der Waals surface area contributed by atoms with E-state index in [0.29, 0.717) is 11.4 Å². The van der Waals surface area contributed by atoms with Crippen LogP contribution in [0.4, 0.5) is 11.4 Å². The molecule has 0 aliphatic heterocycles. The summed E-state index contributed by atoms with van der Waals surface area (Å²) in [7, 11) is 5.54. The molecule has 0 amide bonds. The lowest BCUT2D eigenvalue weighted by Gasteiger charge is -2.18. The Kier molecular flexibility index (Phi) is 5.57. The lowest BCUT2D eigenvalue weighted by atomic mass is 10.2. The number of anilines is 1. The third-order valence-corrected chi connectivity index (χ3v) is 2.81. The van der Waals surface area contributed by atoms with Crippen LogP contribution in [0.3, 0.4) is 0 Å². The molecule has 0 bridgehead atoms. The molecule has 0 saturated heterocycles. The standard InChI is InChI=1S/C13H21N3O3/c1-10(7-8-15(2)3)14-12-9-11(19-4)5-6-13(12)16(17)18/h5-6,9-10,14H,7-8H2,1-4H3. The monoisotopic (exact) mass is 267 g/mol. The molecule has 0 spiro atoms. The first-order valence-corrected chi connectivity index (χ1v) is 6.17. The Hall–Kier alpha value is -1.82. The van der Waals surface area contributed by atoms with Gasteiger partial charge in [0.25, 0.3) is 5.69 Å². The van der Waals surface area contributed by atoms with E-state index < -0.39 is 0 Å². The van der Waals surface area contributed by atoms with Gasteiger partial charge in [-0.15, -0.1) is 0 Å². The van der Waals surface area contributed by atoms with Crippen molar-refractivity contribution in [3.05, 3.63) is 28.3 Å². The van der Waals surface area contributed by atoms with Crippen molar-refractivity contribution < 1.29 is 9.66 Å². The van der Waals surface area contributed by atoms with Crippen molar-refractivity contribution in [1.82, 2.24) is 4.90 Å². The molecule has 0 aromatic heterocycles.